The molecule has 10 heteroatoms. The zero-order chi connectivity index (χ0) is 38.3. The van der Waals surface area contributed by atoms with Gasteiger partial charge in [0, 0.05) is 25.7 Å². The van der Waals surface area contributed by atoms with Crippen LogP contribution in [0.4, 0.5) is 0 Å². The van der Waals surface area contributed by atoms with Crippen LogP contribution in [0, 0.1) is 17.8 Å². The first-order valence-electron chi connectivity index (χ1n) is 19.8. The van der Waals surface area contributed by atoms with Crippen molar-refractivity contribution >= 4 is 37.6 Å². The van der Waals surface area contributed by atoms with Gasteiger partial charge in [0.15, 0.2) is 0 Å². The topological polar surface area (TPSA) is 99.5 Å². The normalized spacial score (nSPS) is 23.9. The van der Waals surface area contributed by atoms with E-state index < -0.39 is 39.3 Å². The van der Waals surface area contributed by atoms with Gasteiger partial charge < -0.3 is 19.2 Å². The van der Waals surface area contributed by atoms with Gasteiger partial charge in [-0.15, -0.1) is 0 Å². The molecule has 8 nitrogen and oxygen atoms in total. The van der Waals surface area contributed by atoms with Gasteiger partial charge in [-0.05, 0) is 81.3 Å². The lowest BCUT2D eigenvalue weighted by molar-refractivity contribution is -0.144. The number of phenols is 1. The minimum absolute atomic E-state index is 0.103. The molecule has 284 valence electrons. The number of imide groups is 1. The summed E-state index contributed by atoms with van der Waals surface area (Å²) in [5.74, 6) is -1.69. The van der Waals surface area contributed by atoms with Crippen LogP contribution in [-0.2, 0) is 25.2 Å². The lowest BCUT2D eigenvalue weighted by atomic mass is 9.55. The first-order chi connectivity index (χ1) is 26.5. The van der Waals surface area contributed by atoms with Crippen LogP contribution in [0.2, 0.25) is 5.04 Å². The van der Waals surface area contributed by atoms with Crippen molar-refractivity contribution < 1.29 is 28.8 Å². The smallest absolute Gasteiger partial charge is 0.487 e. The number of carbonyl (C=O) groups excluding carboxylic acids is 2. The average molecular weight is 755 g/mol. The van der Waals surface area contributed by atoms with E-state index in [4.69, 9.17) is 9.08 Å². The number of hydrogen-bond donors (Lipinski definition) is 2. The second-order valence-electron chi connectivity index (χ2n) is 16.8. The Balaban J connectivity index is 1.13. The largest absolute Gasteiger partial charge is 0.508 e. The number of carbonyl (C=O) groups is 2. The highest BCUT2D eigenvalue weighted by Crippen LogP contribution is 2.52. The minimum atomic E-state index is -2.97. The molecule has 3 fully saturated rings. The minimum Gasteiger partial charge on any atom is -0.508 e. The summed E-state index contributed by atoms with van der Waals surface area (Å²) < 4.78 is 13.7. The molecule has 0 unspecified atom stereocenters. The number of phenolic OH excluding ortho intramolecular Hbond substituents is 1. The van der Waals surface area contributed by atoms with Crippen molar-refractivity contribution in [1.82, 2.24) is 9.80 Å². The number of allylic oxidation sites excluding steroid dienone is 1. The molecule has 1 aliphatic carbocycles. The molecule has 4 aromatic carbocycles. The molecule has 4 atom stereocenters. The maximum Gasteiger partial charge on any atom is 0.487 e. The molecule has 8 rings (SSSR count). The number of hydrogen-bond acceptors (Lipinski definition) is 7. The van der Waals surface area contributed by atoms with Crippen LogP contribution in [0.5, 0.6) is 5.75 Å². The maximum absolute atomic E-state index is 14.7. The molecular weight excluding hydrogens is 703 g/mol. The molecule has 3 heterocycles. The Hall–Kier alpha value is -4.32. The summed E-state index contributed by atoms with van der Waals surface area (Å²) in [6.45, 7) is 9.37. The van der Waals surface area contributed by atoms with Gasteiger partial charge in [-0.25, -0.2) is 0 Å². The van der Waals surface area contributed by atoms with Gasteiger partial charge in [-0.3, -0.25) is 19.4 Å². The highest BCUT2D eigenvalue weighted by atomic mass is 28.4. The van der Waals surface area contributed by atoms with E-state index in [9.17, 15) is 19.7 Å². The molecule has 2 N–H and O–H groups in total. The van der Waals surface area contributed by atoms with E-state index in [-0.39, 0.29) is 35.3 Å². The van der Waals surface area contributed by atoms with Gasteiger partial charge in [-0.1, -0.05) is 124 Å². The fourth-order valence-electron chi connectivity index (χ4n) is 10.0. The van der Waals surface area contributed by atoms with Crippen LogP contribution >= 0.6 is 0 Å². The molecule has 2 amide bonds. The van der Waals surface area contributed by atoms with Gasteiger partial charge in [0.25, 0.3) is 8.32 Å². The third kappa shape index (κ3) is 7.04. The van der Waals surface area contributed by atoms with E-state index >= 15 is 0 Å². The van der Waals surface area contributed by atoms with Crippen molar-refractivity contribution in [2.24, 2.45) is 17.8 Å². The van der Waals surface area contributed by atoms with Crippen LogP contribution < -0.4 is 10.4 Å². The number of benzene rings is 4. The molecular formula is C45H51BN2O6Si. The Morgan fingerprint density at radius 2 is 1.44 bits per heavy atom. The Morgan fingerprint density at radius 3 is 2.04 bits per heavy atom. The summed E-state index contributed by atoms with van der Waals surface area (Å²) in [7, 11) is -4.26. The zero-order valence-electron chi connectivity index (χ0n) is 32.0. The van der Waals surface area contributed by atoms with Crippen molar-refractivity contribution in [2.45, 2.75) is 70.2 Å². The maximum atomic E-state index is 14.7. The standard InChI is InChI=1S/C45H51BN2O6Si/c1-45(2,3)55(36-18-9-5-10-19-36,37-20-11-6-12-21-37)53-30-33-27-39-41(38-28-40(54-46(52)42(33)38)32-16-13-17-35(49)26-32)44(51)48(43(39)50)34-22-24-47(25-23-34)29-31-14-7-4-8-15-31/h4-21,26,34,38-41,49,52H,22-25,27-30H2,1-3H3/t38-,39-,40-,41+/m0/s1. The molecule has 4 aromatic rings. The molecule has 3 aliphatic heterocycles. The van der Waals surface area contributed by atoms with Gasteiger partial charge in [0.05, 0.1) is 24.5 Å². The monoisotopic (exact) mass is 754 g/mol. The summed E-state index contributed by atoms with van der Waals surface area (Å²) in [6, 6.07) is 38.0. The zero-order valence-corrected chi connectivity index (χ0v) is 33.0. The number of fused-ring (bicyclic) bond motifs is 3. The van der Waals surface area contributed by atoms with Crippen LogP contribution in [0.1, 0.15) is 63.7 Å². The molecule has 0 bridgehead atoms. The van der Waals surface area contributed by atoms with Crippen molar-refractivity contribution in [3.63, 3.8) is 0 Å². The second-order valence-corrected chi connectivity index (χ2v) is 21.1. The van der Waals surface area contributed by atoms with E-state index in [0.717, 1.165) is 54.0 Å². The average Bonchev–Trinajstić information content (AvgIpc) is 3.44. The second kappa shape index (κ2) is 15.3. The summed E-state index contributed by atoms with van der Waals surface area (Å²) in [5, 5.41) is 24.3. The third-order valence-electron chi connectivity index (χ3n) is 12.5. The van der Waals surface area contributed by atoms with Crippen LogP contribution in [0.3, 0.4) is 0 Å². The van der Waals surface area contributed by atoms with Crippen molar-refractivity contribution in [2.75, 3.05) is 19.7 Å². The number of likely N-dealkylation sites (tertiary alicyclic amines) is 2. The number of amides is 2. The van der Waals surface area contributed by atoms with Gasteiger partial charge in [0.2, 0.25) is 11.8 Å². The fraction of sp³-hybridized carbons (Fsp3) is 0.378. The molecule has 0 radical (unpaired) electrons. The lowest BCUT2D eigenvalue weighted by Gasteiger charge is -2.45. The van der Waals surface area contributed by atoms with Crippen molar-refractivity contribution in [1.29, 1.82) is 0 Å². The Labute approximate surface area is 326 Å². The fourth-order valence-corrected chi connectivity index (χ4v) is 14.5. The Kier molecular flexibility index (Phi) is 10.5. The van der Waals surface area contributed by atoms with E-state index in [1.54, 1.807) is 23.1 Å². The first kappa shape index (κ1) is 37.6. The van der Waals surface area contributed by atoms with E-state index in [1.165, 1.54) is 5.56 Å². The molecule has 3 saturated heterocycles. The van der Waals surface area contributed by atoms with E-state index in [1.807, 2.05) is 24.3 Å². The summed E-state index contributed by atoms with van der Waals surface area (Å²) >= 11 is 0. The van der Waals surface area contributed by atoms with Crippen LogP contribution in [-0.4, -0.2) is 72.9 Å². The van der Waals surface area contributed by atoms with Crippen molar-refractivity contribution in [3.8, 4) is 5.75 Å². The highest BCUT2D eigenvalue weighted by Gasteiger charge is 2.59. The number of nitrogens with zero attached hydrogens (tertiary/aromatic N) is 2. The highest BCUT2D eigenvalue weighted by molar-refractivity contribution is 6.99. The number of piperidine rings is 1. The summed E-state index contributed by atoms with van der Waals surface area (Å²) in [6.07, 6.45) is 1.64. The quantitative estimate of drug-likeness (QED) is 0.159. The van der Waals surface area contributed by atoms with Crippen LogP contribution in [0.15, 0.2) is 126 Å². The molecule has 0 aromatic heterocycles. The van der Waals surface area contributed by atoms with Gasteiger partial charge in [0.1, 0.15) is 5.75 Å². The predicted molar refractivity (Wildman–Crippen MR) is 217 cm³/mol. The molecule has 0 spiro atoms. The van der Waals surface area contributed by atoms with E-state index in [0.29, 0.717) is 18.3 Å². The summed E-state index contributed by atoms with van der Waals surface area (Å²) in [5.41, 5.74) is 3.51. The third-order valence-corrected chi connectivity index (χ3v) is 17.5. The molecule has 0 saturated carbocycles. The Bertz CT molecular complexity index is 1990. The number of aromatic hydroxyl groups is 1. The van der Waals surface area contributed by atoms with Crippen LogP contribution in [0.25, 0.3) is 0 Å². The predicted octanol–water partition coefficient (Wildman–Crippen LogP) is 6.03. The van der Waals surface area contributed by atoms with Crippen molar-refractivity contribution in [3.05, 3.63) is 137 Å². The SMILES string of the molecule is CC(C)(C)[Si](OCC1=C2B(O)O[C@H](c3cccc(O)c3)C[C@H]2[C@H]2C(=O)N(C3CCN(Cc4ccccc4)CC3)C(=O)[C@H]2C1)(c1ccccc1)c1ccccc1. The number of rotatable bonds is 9. The Morgan fingerprint density at radius 1 is 0.818 bits per heavy atom. The lowest BCUT2D eigenvalue weighted by Crippen LogP contribution is -2.66. The first-order valence-corrected chi connectivity index (χ1v) is 21.7. The molecule has 55 heavy (non-hydrogen) atoms. The van der Waals surface area contributed by atoms with Gasteiger partial charge in [-0.2, -0.15) is 0 Å². The van der Waals surface area contributed by atoms with E-state index in [2.05, 4.69) is 98.5 Å². The molecule has 4 aliphatic rings. The summed E-state index contributed by atoms with van der Waals surface area (Å²) in [4.78, 5) is 33.3. The van der Waals surface area contributed by atoms with Gasteiger partial charge >= 0.3 is 7.12 Å².